The van der Waals surface area contributed by atoms with Gasteiger partial charge < -0.3 is 10.2 Å². The first-order chi connectivity index (χ1) is 14.6. The van der Waals surface area contributed by atoms with Gasteiger partial charge in [-0.1, -0.05) is 18.2 Å². The van der Waals surface area contributed by atoms with Gasteiger partial charge in [0.1, 0.15) is 5.82 Å². The molecule has 1 unspecified atom stereocenters. The minimum absolute atomic E-state index is 0.00636. The molecule has 1 atom stereocenters. The largest absolute Gasteiger partial charge is 0.326 e. The lowest BCUT2D eigenvalue weighted by Gasteiger charge is -2.36. The minimum Gasteiger partial charge on any atom is -0.326 e. The van der Waals surface area contributed by atoms with Crippen LogP contribution < -0.4 is 5.32 Å². The summed E-state index contributed by atoms with van der Waals surface area (Å²) in [6, 6.07) is 13.4. The van der Waals surface area contributed by atoms with Crippen LogP contribution >= 0.6 is 0 Å². The van der Waals surface area contributed by atoms with Gasteiger partial charge in [0.05, 0.1) is 0 Å². The minimum atomic E-state index is -0.159. The maximum absolute atomic E-state index is 13.1. The van der Waals surface area contributed by atoms with Gasteiger partial charge in [0.25, 0.3) is 0 Å². The molecule has 2 aromatic carbocycles. The van der Waals surface area contributed by atoms with Crippen molar-refractivity contribution in [1.29, 1.82) is 0 Å². The van der Waals surface area contributed by atoms with Crippen molar-refractivity contribution in [3.8, 4) is 0 Å². The Kier molecular flexibility index (Phi) is 6.83. The number of piperidine rings is 1. The number of likely N-dealkylation sites (tertiary alicyclic amines) is 1. The predicted octanol–water partition coefficient (Wildman–Crippen LogP) is 5.23. The van der Waals surface area contributed by atoms with Crippen molar-refractivity contribution in [2.75, 3.05) is 25.0 Å². The zero-order chi connectivity index (χ0) is 20.9. The summed E-state index contributed by atoms with van der Waals surface area (Å²) in [6.45, 7) is 4.96. The Bertz CT molecular complexity index is 856. The molecule has 0 bridgehead atoms. The Balaban J connectivity index is 1.31. The van der Waals surface area contributed by atoms with Crippen LogP contribution in [0.25, 0.3) is 0 Å². The van der Waals surface area contributed by atoms with Crippen LogP contribution in [0, 0.1) is 17.7 Å². The molecule has 30 heavy (non-hydrogen) atoms. The van der Waals surface area contributed by atoms with Gasteiger partial charge >= 0.3 is 0 Å². The second-order valence-corrected chi connectivity index (χ2v) is 9.08. The molecule has 1 fully saturated rings. The number of nitrogens with one attached hydrogen (secondary N) is 1. The third kappa shape index (κ3) is 5.48. The highest BCUT2D eigenvalue weighted by Crippen LogP contribution is 2.35. The molecule has 1 saturated heterocycles. The monoisotopic (exact) mass is 408 g/mol. The quantitative estimate of drug-likeness (QED) is 0.687. The molecule has 2 aliphatic rings. The average molecular weight is 409 g/mol. The number of rotatable bonds is 5. The number of carbonyl (C=O) groups is 1. The second-order valence-electron chi connectivity index (χ2n) is 9.08. The summed E-state index contributed by atoms with van der Waals surface area (Å²) < 4.78 is 13.1. The van der Waals surface area contributed by atoms with E-state index in [-0.39, 0.29) is 11.7 Å². The summed E-state index contributed by atoms with van der Waals surface area (Å²) in [5.74, 6) is 1.38. The molecule has 4 rings (SSSR count). The molecule has 2 aromatic rings. The number of hydrogen-bond acceptors (Lipinski definition) is 2. The molecule has 0 spiro atoms. The SMILES string of the molecule is CC(=O)Nc1ccc2c(c1)CC(C1CCN(CCc3ccc(F)cc3)CC1)CCC2. The molecule has 1 amide bonds. The van der Waals surface area contributed by atoms with Crippen LogP contribution in [0.4, 0.5) is 10.1 Å². The fraction of sp³-hybridized carbons (Fsp3) is 0.500. The van der Waals surface area contributed by atoms with Crippen molar-refractivity contribution >= 4 is 11.6 Å². The van der Waals surface area contributed by atoms with Crippen LogP contribution in [0.2, 0.25) is 0 Å². The van der Waals surface area contributed by atoms with Crippen molar-refractivity contribution in [1.82, 2.24) is 4.90 Å². The van der Waals surface area contributed by atoms with E-state index in [9.17, 15) is 9.18 Å². The Labute approximate surface area is 179 Å². The molecular weight excluding hydrogens is 375 g/mol. The van der Waals surface area contributed by atoms with E-state index in [2.05, 4.69) is 22.3 Å². The van der Waals surface area contributed by atoms with E-state index in [1.54, 1.807) is 19.1 Å². The average Bonchev–Trinajstić information content (AvgIpc) is 2.95. The van der Waals surface area contributed by atoms with Crippen LogP contribution in [0.5, 0.6) is 0 Å². The number of hydrogen-bond donors (Lipinski definition) is 1. The summed E-state index contributed by atoms with van der Waals surface area (Å²) in [5, 5.41) is 2.94. The topological polar surface area (TPSA) is 32.3 Å². The summed E-state index contributed by atoms with van der Waals surface area (Å²) in [6.07, 6.45) is 8.41. The summed E-state index contributed by atoms with van der Waals surface area (Å²) in [4.78, 5) is 14.0. The summed E-state index contributed by atoms with van der Waals surface area (Å²) in [7, 11) is 0. The maximum atomic E-state index is 13.1. The number of aryl methyl sites for hydroxylation is 1. The number of carbonyl (C=O) groups excluding carboxylic acids is 1. The number of benzene rings is 2. The molecule has 1 aliphatic carbocycles. The highest BCUT2D eigenvalue weighted by Gasteiger charge is 2.28. The number of halogens is 1. The first-order valence-electron chi connectivity index (χ1n) is 11.4. The first kappa shape index (κ1) is 21.0. The van der Waals surface area contributed by atoms with Crippen molar-refractivity contribution in [3.63, 3.8) is 0 Å². The zero-order valence-corrected chi connectivity index (χ0v) is 18.0. The number of anilines is 1. The molecule has 160 valence electrons. The van der Waals surface area contributed by atoms with Gasteiger partial charge in [0.2, 0.25) is 5.91 Å². The van der Waals surface area contributed by atoms with Gasteiger partial charge in [-0.05, 0) is 111 Å². The van der Waals surface area contributed by atoms with Gasteiger partial charge in [-0.15, -0.1) is 0 Å². The smallest absolute Gasteiger partial charge is 0.221 e. The number of fused-ring (bicyclic) bond motifs is 1. The Morgan fingerprint density at radius 2 is 1.80 bits per heavy atom. The predicted molar refractivity (Wildman–Crippen MR) is 120 cm³/mol. The van der Waals surface area contributed by atoms with Gasteiger partial charge in [-0.3, -0.25) is 4.79 Å². The Morgan fingerprint density at radius 3 is 2.53 bits per heavy atom. The number of amides is 1. The van der Waals surface area contributed by atoms with Crippen molar-refractivity contribution in [2.45, 2.75) is 51.9 Å². The lowest BCUT2D eigenvalue weighted by Crippen LogP contribution is -2.37. The van der Waals surface area contributed by atoms with E-state index >= 15 is 0 Å². The van der Waals surface area contributed by atoms with Crippen molar-refractivity contribution in [2.24, 2.45) is 11.8 Å². The van der Waals surface area contributed by atoms with Crippen LogP contribution in [-0.2, 0) is 24.1 Å². The fourth-order valence-corrected chi connectivity index (χ4v) is 5.27. The molecule has 0 saturated carbocycles. The third-order valence-electron chi connectivity index (χ3n) is 6.96. The van der Waals surface area contributed by atoms with E-state index in [0.29, 0.717) is 0 Å². The molecule has 1 N–H and O–H groups in total. The first-order valence-corrected chi connectivity index (χ1v) is 11.4. The van der Waals surface area contributed by atoms with Gasteiger partial charge in [0, 0.05) is 19.2 Å². The van der Waals surface area contributed by atoms with E-state index in [1.807, 2.05) is 18.2 Å². The lowest BCUT2D eigenvalue weighted by molar-refractivity contribution is -0.114. The molecule has 0 aromatic heterocycles. The third-order valence-corrected chi connectivity index (χ3v) is 6.96. The zero-order valence-electron chi connectivity index (χ0n) is 18.0. The molecule has 3 nitrogen and oxygen atoms in total. The lowest BCUT2D eigenvalue weighted by atomic mass is 9.79. The van der Waals surface area contributed by atoms with Crippen molar-refractivity contribution in [3.05, 3.63) is 65.0 Å². The Hall–Kier alpha value is -2.20. The molecule has 4 heteroatoms. The van der Waals surface area contributed by atoms with E-state index < -0.39 is 0 Å². The molecule has 1 heterocycles. The van der Waals surface area contributed by atoms with Crippen LogP contribution in [0.15, 0.2) is 42.5 Å². The Morgan fingerprint density at radius 1 is 1.03 bits per heavy atom. The van der Waals surface area contributed by atoms with Gasteiger partial charge in [-0.25, -0.2) is 4.39 Å². The van der Waals surface area contributed by atoms with E-state index in [1.165, 1.54) is 55.5 Å². The summed E-state index contributed by atoms with van der Waals surface area (Å²) in [5.41, 5.74) is 5.04. The highest BCUT2D eigenvalue weighted by molar-refractivity contribution is 5.88. The standard InChI is InChI=1S/C26H33FN2O/c1-19(30)28-26-10-7-21-3-2-4-23(17-24(21)18-26)22-12-15-29(16-13-22)14-11-20-5-8-25(27)9-6-20/h5-10,18,22-23H,2-4,11-17H2,1H3,(H,28,30). The molecule has 0 radical (unpaired) electrons. The van der Waals surface area contributed by atoms with Crippen molar-refractivity contribution < 1.29 is 9.18 Å². The maximum Gasteiger partial charge on any atom is 0.221 e. The molecular formula is C26H33FN2O. The molecule has 1 aliphatic heterocycles. The van der Waals surface area contributed by atoms with Crippen LogP contribution in [0.1, 0.15) is 49.3 Å². The van der Waals surface area contributed by atoms with E-state index in [0.717, 1.165) is 43.3 Å². The second kappa shape index (κ2) is 9.74. The van der Waals surface area contributed by atoms with E-state index in [4.69, 9.17) is 0 Å². The van der Waals surface area contributed by atoms with Crippen LogP contribution in [0.3, 0.4) is 0 Å². The normalized spacial score (nSPS) is 20.4. The fourth-order valence-electron chi connectivity index (χ4n) is 5.27. The van der Waals surface area contributed by atoms with Gasteiger partial charge in [-0.2, -0.15) is 0 Å². The highest BCUT2D eigenvalue weighted by atomic mass is 19.1. The summed E-state index contributed by atoms with van der Waals surface area (Å²) >= 11 is 0. The van der Waals surface area contributed by atoms with Crippen LogP contribution in [-0.4, -0.2) is 30.4 Å². The number of nitrogens with zero attached hydrogens (tertiary/aromatic N) is 1. The van der Waals surface area contributed by atoms with Gasteiger partial charge in [0.15, 0.2) is 0 Å².